The number of nitrogens with one attached hydrogen (secondary N) is 1. The number of hydrogen-bond donors (Lipinski definition) is 1. The van der Waals surface area contributed by atoms with Crippen LogP contribution in [0.2, 0.25) is 0 Å². The molecule has 0 amide bonds. The van der Waals surface area contributed by atoms with Crippen molar-refractivity contribution < 1.29 is 14.3 Å². The molecule has 4 aromatic rings. The van der Waals surface area contributed by atoms with Gasteiger partial charge >= 0.3 is 5.69 Å². The molecule has 0 radical (unpaired) electrons. The summed E-state index contributed by atoms with van der Waals surface area (Å²) in [6, 6.07) is 29.8. The molecule has 0 aliphatic heterocycles. The number of nitrogens with zero attached hydrogens (tertiary/aromatic N) is 1. The van der Waals surface area contributed by atoms with Crippen molar-refractivity contribution in [2.75, 3.05) is 0 Å². The lowest BCUT2D eigenvalue weighted by Crippen LogP contribution is -2.70. The molecule has 1 N–H and O–H groups in total. The third-order valence-electron chi connectivity index (χ3n) is 4.29. The fourth-order valence-electron chi connectivity index (χ4n) is 2.96. The second kappa shape index (κ2) is 7.72. The van der Waals surface area contributed by atoms with E-state index < -0.39 is 4.92 Å². The highest BCUT2D eigenvalue weighted by Crippen LogP contribution is 2.24. The molecule has 0 saturated heterocycles. The molecule has 0 bridgehead atoms. The largest absolute Gasteiger partial charge is 0.456 e. The molecule has 0 atom stereocenters. The Hall–Kier alpha value is -3.99. The highest BCUT2D eigenvalue weighted by Gasteiger charge is 2.17. The first-order chi connectivity index (χ1) is 13.7. The fourth-order valence-corrected chi connectivity index (χ4v) is 2.96. The van der Waals surface area contributed by atoms with Crippen molar-refractivity contribution in [3.8, 4) is 22.6 Å². The Labute approximate surface area is 161 Å². The minimum atomic E-state index is -0.397. The van der Waals surface area contributed by atoms with Crippen LogP contribution in [-0.2, 0) is 0 Å². The molecule has 3 aromatic carbocycles. The zero-order valence-electron chi connectivity index (χ0n) is 14.9. The second-order valence-electron chi connectivity index (χ2n) is 6.21. The first-order valence-corrected chi connectivity index (χ1v) is 8.80. The SMILES string of the molecule is O=[N+]([O-])c1ccccc1[NH+]=c1cc(-c2ccccc2)oc(-c2ccccc2)c1. The summed E-state index contributed by atoms with van der Waals surface area (Å²) in [5, 5.41) is 12.0. The number of benzene rings is 3. The molecule has 0 saturated carbocycles. The predicted octanol–water partition coefficient (Wildman–Crippen LogP) is 3.83. The van der Waals surface area contributed by atoms with Crippen molar-refractivity contribution in [2.45, 2.75) is 0 Å². The van der Waals surface area contributed by atoms with Gasteiger partial charge in [0.1, 0.15) is 11.5 Å². The highest BCUT2D eigenvalue weighted by atomic mass is 16.6. The molecule has 28 heavy (non-hydrogen) atoms. The fraction of sp³-hybridized carbons (Fsp3) is 0. The van der Waals surface area contributed by atoms with E-state index in [2.05, 4.69) is 4.99 Å². The third-order valence-corrected chi connectivity index (χ3v) is 4.29. The van der Waals surface area contributed by atoms with Crippen LogP contribution in [0.5, 0.6) is 0 Å². The van der Waals surface area contributed by atoms with E-state index in [1.807, 2.05) is 72.8 Å². The molecule has 0 spiro atoms. The van der Waals surface area contributed by atoms with Gasteiger partial charge in [0, 0.05) is 23.3 Å². The summed E-state index contributed by atoms with van der Waals surface area (Å²) in [5.74, 6) is 1.34. The van der Waals surface area contributed by atoms with Gasteiger partial charge in [0.15, 0.2) is 0 Å². The molecule has 0 aliphatic rings. The van der Waals surface area contributed by atoms with Crippen LogP contribution >= 0.6 is 0 Å². The van der Waals surface area contributed by atoms with E-state index in [4.69, 9.17) is 4.42 Å². The molecule has 5 heteroatoms. The first-order valence-electron chi connectivity index (χ1n) is 8.80. The number of hydrogen-bond acceptors (Lipinski definition) is 3. The van der Waals surface area contributed by atoms with Gasteiger partial charge in [-0.2, -0.15) is 4.99 Å². The second-order valence-corrected chi connectivity index (χ2v) is 6.21. The Morgan fingerprint density at radius 2 is 1.21 bits per heavy atom. The van der Waals surface area contributed by atoms with Crippen LogP contribution in [0.4, 0.5) is 11.4 Å². The van der Waals surface area contributed by atoms with E-state index in [0.29, 0.717) is 22.6 Å². The van der Waals surface area contributed by atoms with Gasteiger partial charge in [-0.1, -0.05) is 72.8 Å². The van der Waals surface area contributed by atoms with E-state index in [1.54, 1.807) is 18.2 Å². The molecule has 1 aromatic heterocycles. The lowest BCUT2D eigenvalue weighted by molar-refractivity contribution is -0.433. The normalized spacial score (nSPS) is 10.4. The van der Waals surface area contributed by atoms with Crippen LogP contribution in [0.3, 0.4) is 0 Å². The van der Waals surface area contributed by atoms with Crippen molar-refractivity contribution in [1.82, 2.24) is 0 Å². The Balaban J connectivity index is 1.94. The number of nitro groups is 1. The van der Waals surface area contributed by atoms with Crippen molar-refractivity contribution in [1.29, 1.82) is 0 Å². The van der Waals surface area contributed by atoms with Gasteiger partial charge in [-0.25, -0.2) is 0 Å². The third kappa shape index (κ3) is 3.73. The summed E-state index contributed by atoms with van der Waals surface area (Å²) in [6.45, 7) is 0. The van der Waals surface area contributed by atoms with Gasteiger partial charge < -0.3 is 4.42 Å². The molecule has 1 heterocycles. The van der Waals surface area contributed by atoms with Crippen LogP contribution in [0, 0.1) is 10.1 Å². The Morgan fingerprint density at radius 3 is 1.75 bits per heavy atom. The van der Waals surface area contributed by atoms with Gasteiger partial charge in [0.2, 0.25) is 5.36 Å². The van der Waals surface area contributed by atoms with Crippen LogP contribution in [0.15, 0.2) is 101 Å². The van der Waals surface area contributed by atoms with Gasteiger partial charge in [-0.15, -0.1) is 0 Å². The van der Waals surface area contributed by atoms with Gasteiger partial charge in [0.25, 0.3) is 5.69 Å². The molecule has 4 rings (SSSR count). The molecule has 136 valence electrons. The van der Waals surface area contributed by atoms with Crippen LogP contribution in [0.1, 0.15) is 0 Å². The van der Waals surface area contributed by atoms with Gasteiger partial charge in [-0.05, 0) is 0 Å². The number of nitro benzene ring substituents is 1. The van der Waals surface area contributed by atoms with Crippen molar-refractivity contribution in [3.05, 3.63) is 113 Å². The zero-order chi connectivity index (χ0) is 19.3. The number of rotatable bonds is 4. The molecule has 0 fully saturated rings. The molecule has 0 unspecified atom stereocenters. The number of para-hydroxylation sites is 2. The molecular formula is C23H17N2O3+. The summed E-state index contributed by atoms with van der Waals surface area (Å²) >= 11 is 0. The van der Waals surface area contributed by atoms with E-state index in [9.17, 15) is 10.1 Å². The Kier molecular flexibility index (Phi) is 4.80. The first kappa shape index (κ1) is 17.4. The lowest BCUT2D eigenvalue weighted by Gasteiger charge is -2.04. The van der Waals surface area contributed by atoms with Crippen LogP contribution < -0.4 is 10.3 Å². The van der Waals surface area contributed by atoms with E-state index in [1.165, 1.54) is 6.07 Å². The van der Waals surface area contributed by atoms with Gasteiger partial charge in [0.05, 0.1) is 17.1 Å². The summed E-state index contributed by atoms with van der Waals surface area (Å²) < 4.78 is 6.13. The summed E-state index contributed by atoms with van der Waals surface area (Å²) in [7, 11) is 0. The van der Waals surface area contributed by atoms with E-state index in [0.717, 1.165) is 11.1 Å². The Bertz CT molecular complexity index is 1120. The van der Waals surface area contributed by atoms with Crippen molar-refractivity contribution in [2.24, 2.45) is 0 Å². The molecular weight excluding hydrogens is 352 g/mol. The van der Waals surface area contributed by atoms with Crippen molar-refractivity contribution in [3.63, 3.8) is 0 Å². The van der Waals surface area contributed by atoms with Crippen LogP contribution in [0.25, 0.3) is 22.6 Å². The highest BCUT2D eigenvalue weighted by molar-refractivity contribution is 5.62. The smallest absolute Gasteiger partial charge is 0.339 e. The quantitative estimate of drug-likeness (QED) is 0.439. The standard InChI is InChI=1S/C23H16N2O3/c26-25(27)21-14-8-7-13-20(21)24-19-15-22(17-9-3-1-4-10-17)28-23(16-19)18-11-5-2-6-12-18/h1-16H/p+1. The van der Waals surface area contributed by atoms with Crippen molar-refractivity contribution >= 4 is 11.4 Å². The summed E-state index contributed by atoms with van der Waals surface area (Å²) in [4.78, 5) is 14.1. The Morgan fingerprint density at radius 1 is 0.714 bits per heavy atom. The minimum absolute atomic E-state index is 0.0193. The maximum Gasteiger partial charge on any atom is 0.339 e. The maximum atomic E-state index is 11.3. The van der Waals surface area contributed by atoms with E-state index in [-0.39, 0.29) is 5.69 Å². The summed E-state index contributed by atoms with van der Waals surface area (Å²) in [5.41, 5.74) is 2.29. The maximum absolute atomic E-state index is 11.3. The van der Waals surface area contributed by atoms with Crippen LogP contribution in [-0.4, -0.2) is 4.92 Å². The average molecular weight is 369 g/mol. The minimum Gasteiger partial charge on any atom is -0.456 e. The topological polar surface area (TPSA) is 70.2 Å². The zero-order valence-corrected chi connectivity index (χ0v) is 14.9. The monoisotopic (exact) mass is 369 g/mol. The average Bonchev–Trinajstić information content (AvgIpc) is 2.75. The van der Waals surface area contributed by atoms with E-state index >= 15 is 0 Å². The molecule has 5 nitrogen and oxygen atoms in total. The molecule has 0 aliphatic carbocycles. The predicted molar refractivity (Wildman–Crippen MR) is 106 cm³/mol. The summed E-state index contributed by atoms with van der Waals surface area (Å²) in [6.07, 6.45) is 0. The lowest BCUT2D eigenvalue weighted by atomic mass is 10.1. The van der Waals surface area contributed by atoms with Gasteiger partial charge in [-0.3, -0.25) is 10.1 Å².